The van der Waals surface area contributed by atoms with Crippen molar-refractivity contribution in [3.8, 4) is 0 Å². The molecule has 0 radical (unpaired) electrons. The van der Waals surface area contributed by atoms with Gasteiger partial charge in [-0.15, -0.1) is 0 Å². The lowest BCUT2D eigenvalue weighted by Crippen LogP contribution is -2.42. The third kappa shape index (κ3) is 11.7. The number of alkyl halides is 1. The van der Waals surface area contributed by atoms with Crippen molar-refractivity contribution in [2.75, 3.05) is 26.8 Å². The van der Waals surface area contributed by atoms with E-state index in [9.17, 15) is 4.79 Å². The van der Waals surface area contributed by atoms with Gasteiger partial charge in [0.05, 0.1) is 16.6 Å². The zero-order valence-electron chi connectivity index (χ0n) is 12.7. The van der Waals surface area contributed by atoms with Gasteiger partial charge in [-0.25, -0.2) is 0 Å². The van der Waals surface area contributed by atoms with Gasteiger partial charge < -0.3 is 27.3 Å². The number of nitrogens with one attached hydrogen (secondary N) is 1. The summed E-state index contributed by atoms with van der Waals surface area (Å²) in [5.41, 5.74) is 16.0. The van der Waals surface area contributed by atoms with Gasteiger partial charge in [0, 0.05) is 13.7 Å². The van der Waals surface area contributed by atoms with Gasteiger partial charge in [0.2, 0.25) is 5.91 Å². The Morgan fingerprint density at radius 1 is 1.29 bits per heavy atom. The van der Waals surface area contributed by atoms with Crippen molar-refractivity contribution >= 4 is 34.5 Å². The van der Waals surface area contributed by atoms with Crippen molar-refractivity contribution in [1.29, 1.82) is 0 Å². The Kier molecular flexibility index (Phi) is 12.7. The molecule has 8 heteroatoms. The summed E-state index contributed by atoms with van der Waals surface area (Å²) in [6, 6.07) is -0.0107. The number of unbranched alkanes of at least 4 members (excludes halogenated alkanes) is 1. The number of rotatable bonds is 12. The van der Waals surface area contributed by atoms with Gasteiger partial charge in [0.1, 0.15) is 0 Å². The summed E-state index contributed by atoms with van der Waals surface area (Å²) in [4.78, 5) is 16.0. The third-order valence-electron chi connectivity index (χ3n) is 2.92. The first kappa shape index (κ1) is 20.4. The summed E-state index contributed by atoms with van der Waals surface area (Å²) in [6.07, 6.45) is 4.34. The molecule has 0 spiro atoms. The van der Waals surface area contributed by atoms with Crippen LogP contribution in [0.15, 0.2) is 4.99 Å². The molecule has 0 rings (SSSR count). The highest BCUT2D eigenvalue weighted by molar-refractivity contribution is 14.1. The molecule has 21 heavy (non-hydrogen) atoms. The molecule has 0 aromatic carbocycles. The van der Waals surface area contributed by atoms with Crippen LogP contribution in [0.5, 0.6) is 0 Å². The predicted molar refractivity (Wildman–Crippen MR) is 94.4 cm³/mol. The van der Waals surface area contributed by atoms with Crippen LogP contribution in [0.4, 0.5) is 0 Å². The number of ether oxygens (including phenoxy) is 1. The Morgan fingerprint density at radius 3 is 2.57 bits per heavy atom. The summed E-state index contributed by atoms with van der Waals surface area (Å²) in [6.45, 7) is 1.71. The average Bonchev–Trinajstić information content (AvgIpc) is 2.43. The highest BCUT2D eigenvalue weighted by Gasteiger charge is 2.18. The second kappa shape index (κ2) is 13.1. The monoisotopic (exact) mass is 413 g/mol. The van der Waals surface area contributed by atoms with Crippen molar-refractivity contribution < 1.29 is 9.53 Å². The fourth-order valence-electron chi connectivity index (χ4n) is 1.83. The maximum atomic E-state index is 12.1. The second-order valence-corrected chi connectivity index (χ2v) is 6.37. The van der Waals surface area contributed by atoms with Gasteiger partial charge in [-0.3, -0.25) is 9.79 Å². The average molecular weight is 413 g/mol. The van der Waals surface area contributed by atoms with E-state index in [-0.39, 0.29) is 21.8 Å². The normalized spacial score (nSPS) is 13.5. The van der Waals surface area contributed by atoms with Gasteiger partial charge in [-0.2, -0.15) is 0 Å². The first-order valence-corrected chi connectivity index (χ1v) is 8.44. The molecule has 7 nitrogen and oxygen atoms in total. The zero-order valence-corrected chi connectivity index (χ0v) is 14.8. The number of hydrogen-bond acceptors (Lipinski definition) is 4. The van der Waals surface area contributed by atoms with Crippen LogP contribution in [-0.2, 0) is 9.53 Å². The minimum Gasteiger partial charge on any atom is -0.383 e. The molecule has 0 aliphatic rings. The molecule has 2 unspecified atom stereocenters. The molecule has 124 valence electrons. The highest BCUT2D eigenvalue weighted by Crippen LogP contribution is 2.11. The van der Waals surface area contributed by atoms with E-state index in [1.165, 1.54) is 0 Å². The lowest BCUT2D eigenvalue weighted by Gasteiger charge is -2.19. The Hall–Kier alpha value is -0.610. The van der Waals surface area contributed by atoms with E-state index >= 15 is 0 Å². The molecule has 1 amide bonds. The molecule has 0 aliphatic carbocycles. The molecular formula is C13H28IN5O2. The molecule has 0 aromatic rings. The summed E-state index contributed by atoms with van der Waals surface area (Å²) in [5, 5.41) is 3.02. The Labute approximate surface area is 140 Å². The van der Waals surface area contributed by atoms with Crippen LogP contribution >= 0.6 is 22.6 Å². The van der Waals surface area contributed by atoms with Gasteiger partial charge in [-0.05, 0) is 32.2 Å². The maximum Gasteiger partial charge on any atom is 0.233 e. The van der Waals surface area contributed by atoms with Gasteiger partial charge >= 0.3 is 0 Å². The van der Waals surface area contributed by atoms with Crippen LogP contribution < -0.4 is 22.5 Å². The van der Waals surface area contributed by atoms with Gasteiger partial charge in [0.25, 0.3) is 0 Å². The Balaban J connectivity index is 4.09. The smallest absolute Gasteiger partial charge is 0.233 e. The molecule has 0 heterocycles. The number of carbonyl (C=O) groups is 1. The number of guanidine groups is 1. The van der Waals surface area contributed by atoms with Crippen molar-refractivity contribution in [2.45, 2.75) is 42.1 Å². The number of aliphatic imine (C=N–C) groups is 1. The van der Waals surface area contributed by atoms with Gasteiger partial charge in [-0.1, -0.05) is 29.0 Å². The molecular weight excluding hydrogens is 385 g/mol. The Morgan fingerprint density at radius 2 is 2.00 bits per heavy atom. The largest absolute Gasteiger partial charge is 0.383 e. The molecule has 0 bridgehead atoms. The number of halogens is 1. The molecule has 0 aliphatic heterocycles. The molecule has 0 fully saturated rings. The minimum absolute atomic E-state index is 0.0107. The number of hydrogen-bond donors (Lipinski definition) is 4. The minimum atomic E-state index is -0.0359. The lowest BCUT2D eigenvalue weighted by molar-refractivity contribution is -0.121. The summed E-state index contributed by atoms with van der Waals surface area (Å²) < 4.78 is 5.11. The first-order valence-electron chi connectivity index (χ1n) is 7.20. The van der Waals surface area contributed by atoms with E-state index in [2.05, 4.69) is 32.9 Å². The summed E-state index contributed by atoms with van der Waals surface area (Å²) in [7, 11) is 1.62. The predicted octanol–water partition coefficient (Wildman–Crippen LogP) is 0.104. The van der Waals surface area contributed by atoms with E-state index in [0.29, 0.717) is 19.7 Å². The summed E-state index contributed by atoms with van der Waals surface area (Å²) >= 11 is 2.17. The lowest BCUT2D eigenvalue weighted by atomic mass is 10.1. The third-order valence-corrected chi connectivity index (χ3v) is 4.10. The van der Waals surface area contributed by atoms with E-state index in [1.54, 1.807) is 7.11 Å². The standard InChI is InChI=1S/C13H28IN5O2/c1-21-9-10(5-4-8-18-13(16)17)19-12(20)11(14)6-2-3-7-15/h10-11H,2-9,15H2,1H3,(H,19,20)(H4,16,17,18). The first-order chi connectivity index (χ1) is 10.0. The van der Waals surface area contributed by atoms with Crippen molar-refractivity contribution in [1.82, 2.24) is 5.32 Å². The number of carbonyl (C=O) groups excluding carboxylic acids is 1. The molecule has 0 saturated heterocycles. The van der Waals surface area contributed by atoms with Crippen LogP contribution in [0, 0.1) is 0 Å². The molecule has 7 N–H and O–H groups in total. The quantitative estimate of drug-likeness (QED) is 0.119. The molecule has 2 atom stereocenters. The van der Waals surface area contributed by atoms with E-state index < -0.39 is 0 Å². The molecule has 0 saturated carbocycles. The second-order valence-electron chi connectivity index (χ2n) is 4.86. The topological polar surface area (TPSA) is 129 Å². The van der Waals surface area contributed by atoms with Crippen LogP contribution in [0.1, 0.15) is 32.1 Å². The summed E-state index contributed by atoms with van der Waals surface area (Å²) in [5.74, 6) is 0.145. The number of methoxy groups -OCH3 is 1. The number of amides is 1. The van der Waals surface area contributed by atoms with E-state index in [4.69, 9.17) is 21.9 Å². The highest BCUT2D eigenvalue weighted by atomic mass is 127. The number of nitrogens with zero attached hydrogens (tertiary/aromatic N) is 1. The van der Waals surface area contributed by atoms with Crippen LogP contribution in [-0.4, -0.2) is 48.6 Å². The fourth-order valence-corrected chi connectivity index (χ4v) is 2.45. The fraction of sp³-hybridized carbons (Fsp3) is 0.846. The van der Waals surface area contributed by atoms with E-state index in [0.717, 1.165) is 32.1 Å². The maximum absolute atomic E-state index is 12.1. The van der Waals surface area contributed by atoms with Crippen LogP contribution in [0.3, 0.4) is 0 Å². The zero-order chi connectivity index (χ0) is 16.1. The van der Waals surface area contributed by atoms with Crippen molar-refractivity contribution in [3.05, 3.63) is 0 Å². The van der Waals surface area contributed by atoms with E-state index in [1.807, 2.05) is 0 Å². The van der Waals surface area contributed by atoms with Gasteiger partial charge in [0.15, 0.2) is 5.96 Å². The Bertz CT molecular complexity index is 311. The SMILES string of the molecule is COCC(CCCN=C(N)N)NC(=O)C(I)CCCCN. The van der Waals surface area contributed by atoms with Crippen molar-refractivity contribution in [2.24, 2.45) is 22.2 Å². The molecule has 0 aromatic heterocycles. The van der Waals surface area contributed by atoms with Crippen LogP contribution in [0.2, 0.25) is 0 Å². The van der Waals surface area contributed by atoms with Crippen LogP contribution in [0.25, 0.3) is 0 Å². The van der Waals surface area contributed by atoms with Crippen molar-refractivity contribution in [3.63, 3.8) is 0 Å². The number of nitrogens with two attached hydrogens (primary N) is 3.